The maximum absolute atomic E-state index is 12.2. The van der Waals surface area contributed by atoms with Crippen LogP contribution in [0.3, 0.4) is 0 Å². The van der Waals surface area contributed by atoms with E-state index >= 15 is 0 Å². The summed E-state index contributed by atoms with van der Waals surface area (Å²) in [4.78, 5) is 11.9. The second-order valence-electron chi connectivity index (χ2n) is 2.55. The van der Waals surface area contributed by atoms with Gasteiger partial charge in [-0.25, -0.2) is 8.78 Å². The molecule has 0 aromatic heterocycles. The Balaban J connectivity index is 2.38. The summed E-state index contributed by atoms with van der Waals surface area (Å²) in [5.41, 5.74) is 0. The molecule has 1 aliphatic rings. The van der Waals surface area contributed by atoms with E-state index < -0.39 is 19.0 Å². The number of carbonyl (C=O) groups excluding carboxylic acids is 1. The molecule has 0 aromatic carbocycles. The summed E-state index contributed by atoms with van der Waals surface area (Å²) < 4.78 is 24.3. The molecule has 4 heteroatoms. The van der Waals surface area contributed by atoms with Gasteiger partial charge in [0.25, 0.3) is 5.92 Å². The van der Waals surface area contributed by atoms with Crippen molar-refractivity contribution in [1.29, 1.82) is 0 Å². The number of allylic oxidation sites excluding steroid dienone is 1. The SMILES string of the molecule is C/C=C\C(=O)N1CC(F)(F)C1. The molecule has 1 rings (SSSR count). The van der Waals surface area contributed by atoms with E-state index in [0.717, 1.165) is 4.90 Å². The molecule has 0 N–H and O–H groups in total. The maximum atomic E-state index is 12.2. The molecule has 0 aromatic rings. The van der Waals surface area contributed by atoms with Crippen LogP contribution in [0.2, 0.25) is 0 Å². The fraction of sp³-hybridized carbons (Fsp3) is 0.571. The van der Waals surface area contributed by atoms with E-state index in [0.29, 0.717) is 0 Å². The summed E-state index contributed by atoms with van der Waals surface area (Å²) in [5, 5.41) is 0. The number of rotatable bonds is 1. The maximum Gasteiger partial charge on any atom is 0.282 e. The molecular formula is C7H9F2NO. The van der Waals surface area contributed by atoms with E-state index in [1.165, 1.54) is 6.08 Å². The van der Waals surface area contributed by atoms with Gasteiger partial charge in [0.2, 0.25) is 5.91 Å². The first-order valence-electron chi connectivity index (χ1n) is 3.34. The average molecular weight is 161 g/mol. The number of likely N-dealkylation sites (tertiary alicyclic amines) is 1. The third kappa shape index (κ3) is 1.76. The van der Waals surface area contributed by atoms with Crippen LogP contribution in [0.1, 0.15) is 6.92 Å². The Bertz CT molecular complexity index is 193. The zero-order chi connectivity index (χ0) is 8.48. The molecule has 1 heterocycles. The highest BCUT2D eigenvalue weighted by molar-refractivity contribution is 5.88. The lowest BCUT2D eigenvalue weighted by molar-refractivity contribution is -0.160. The van der Waals surface area contributed by atoms with Gasteiger partial charge in [-0.15, -0.1) is 0 Å². The second kappa shape index (κ2) is 2.60. The van der Waals surface area contributed by atoms with Gasteiger partial charge in [-0.3, -0.25) is 4.79 Å². The highest BCUT2D eigenvalue weighted by atomic mass is 19.3. The Morgan fingerprint density at radius 2 is 2.09 bits per heavy atom. The van der Waals surface area contributed by atoms with Gasteiger partial charge in [-0.1, -0.05) is 6.08 Å². The van der Waals surface area contributed by atoms with Crippen LogP contribution in [-0.4, -0.2) is 29.8 Å². The molecule has 0 bridgehead atoms. The largest absolute Gasteiger partial charge is 0.327 e. The third-order valence-corrected chi connectivity index (χ3v) is 1.47. The van der Waals surface area contributed by atoms with Crippen molar-refractivity contribution in [3.63, 3.8) is 0 Å². The zero-order valence-electron chi connectivity index (χ0n) is 6.18. The Hall–Kier alpha value is -0.930. The van der Waals surface area contributed by atoms with Gasteiger partial charge in [-0.2, -0.15) is 0 Å². The van der Waals surface area contributed by atoms with Crippen LogP contribution in [0.15, 0.2) is 12.2 Å². The molecule has 0 radical (unpaired) electrons. The first-order chi connectivity index (χ1) is 5.05. The number of nitrogens with zero attached hydrogens (tertiary/aromatic N) is 1. The highest BCUT2D eigenvalue weighted by Crippen LogP contribution is 2.26. The summed E-state index contributed by atoms with van der Waals surface area (Å²) in [6.07, 6.45) is 2.83. The van der Waals surface area contributed by atoms with Crippen LogP contribution in [0, 0.1) is 0 Å². The number of carbonyl (C=O) groups is 1. The molecule has 0 atom stereocenters. The molecular weight excluding hydrogens is 152 g/mol. The van der Waals surface area contributed by atoms with E-state index in [9.17, 15) is 13.6 Å². The molecule has 1 amide bonds. The fourth-order valence-corrected chi connectivity index (χ4v) is 0.916. The van der Waals surface area contributed by atoms with Crippen LogP contribution < -0.4 is 0 Å². The van der Waals surface area contributed by atoms with E-state index in [-0.39, 0.29) is 5.91 Å². The number of amides is 1. The van der Waals surface area contributed by atoms with E-state index in [1.54, 1.807) is 13.0 Å². The van der Waals surface area contributed by atoms with Crippen molar-refractivity contribution in [1.82, 2.24) is 4.90 Å². The molecule has 1 aliphatic heterocycles. The molecule has 62 valence electrons. The van der Waals surface area contributed by atoms with Crippen molar-refractivity contribution in [2.75, 3.05) is 13.1 Å². The lowest BCUT2D eigenvalue weighted by Gasteiger charge is -2.37. The van der Waals surface area contributed by atoms with Crippen LogP contribution in [0.4, 0.5) is 8.78 Å². The first-order valence-corrected chi connectivity index (χ1v) is 3.34. The first kappa shape index (κ1) is 8.17. The van der Waals surface area contributed by atoms with Gasteiger partial charge in [-0.05, 0) is 13.0 Å². The van der Waals surface area contributed by atoms with Gasteiger partial charge in [0.05, 0.1) is 13.1 Å². The van der Waals surface area contributed by atoms with E-state index in [4.69, 9.17) is 0 Å². The summed E-state index contributed by atoms with van der Waals surface area (Å²) in [6, 6.07) is 0. The van der Waals surface area contributed by atoms with Crippen LogP contribution in [0.25, 0.3) is 0 Å². The Labute approximate surface area is 63.5 Å². The quantitative estimate of drug-likeness (QED) is 0.526. The Morgan fingerprint density at radius 1 is 1.55 bits per heavy atom. The van der Waals surface area contributed by atoms with Crippen LogP contribution in [0.5, 0.6) is 0 Å². The van der Waals surface area contributed by atoms with E-state index in [2.05, 4.69) is 0 Å². The minimum Gasteiger partial charge on any atom is -0.327 e. The summed E-state index contributed by atoms with van der Waals surface area (Å²) in [7, 11) is 0. The van der Waals surface area contributed by atoms with Gasteiger partial charge in [0, 0.05) is 0 Å². The van der Waals surface area contributed by atoms with Gasteiger partial charge < -0.3 is 4.90 Å². The van der Waals surface area contributed by atoms with Gasteiger partial charge in [0.15, 0.2) is 0 Å². The third-order valence-electron chi connectivity index (χ3n) is 1.47. The average Bonchev–Trinajstić information content (AvgIpc) is 1.83. The van der Waals surface area contributed by atoms with Crippen molar-refractivity contribution in [3.8, 4) is 0 Å². The number of alkyl halides is 2. The zero-order valence-corrected chi connectivity index (χ0v) is 6.18. The lowest BCUT2D eigenvalue weighted by atomic mass is 10.1. The number of hydrogen-bond donors (Lipinski definition) is 0. The predicted molar refractivity (Wildman–Crippen MR) is 36.3 cm³/mol. The molecule has 0 aliphatic carbocycles. The summed E-state index contributed by atoms with van der Waals surface area (Å²) in [6.45, 7) is 0.808. The van der Waals surface area contributed by atoms with Gasteiger partial charge in [0.1, 0.15) is 0 Å². The Kier molecular flexibility index (Phi) is 1.93. The number of halogens is 2. The molecule has 0 unspecified atom stereocenters. The van der Waals surface area contributed by atoms with Crippen molar-refractivity contribution >= 4 is 5.91 Å². The normalized spacial score (nSPS) is 21.9. The van der Waals surface area contributed by atoms with Crippen molar-refractivity contribution in [3.05, 3.63) is 12.2 Å². The predicted octanol–water partition coefficient (Wildman–Crippen LogP) is 1.04. The standard InChI is InChI=1S/C7H9F2NO/c1-2-3-6(11)10-4-7(8,9)5-10/h2-3H,4-5H2,1H3/b3-2-. The smallest absolute Gasteiger partial charge is 0.282 e. The molecule has 0 saturated carbocycles. The highest BCUT2D eigenvalue weighted by Gasteiger charge is 2.45. The summed E-state index contributed by atoms with van der Waals surface area (Å²) >= 11 is 0. The van der Waals surface area contributed by atoms with Crippen LogP contribution in [-0.2, 0) is 4.79 Å². The summed E-state index contributed by atoms with van der Waals surface area (Å²) in [5.74, 6) is -2.99. The van der Waals surface area contributed by atoms with Crippen molar-refractivity contribution in [2.45, 2.75) is 12.8 Å². The van der Waals surface area contributed by atoms with E-state index in [1.807, 2.05) is 0 Å². The van der Waals surface area contributed by atoms with Gasteiger partial charge >= 0.3 is 0 Å². The van der Waals surface area contributed by atoms with Crippen molar-refractivity contribution < 1.29 is 13.6 Å². The number of hydrogen-bond acceptors (Lipinski definition) is 1. The fourth-order valence-electron chi connectivity index (χ4n) is 0.916. The second-order valence-corrected chi connectivity index (χ2v) is 2.55. The molecule has 0 spiro atoms. The monoisotopic (exact) mass is 161 g/mol. The minimum absolute atomic E-state index is 0.335. The Morgan fingerprint density at radius 3 is 2.45 bits per heavy atom. The molecule has 1 saturated heterocycles. The van der Waals surface area contributed by atoms with Crippen LogP contribution >= 0.6 is 0 Å². The molecule has 1 fully saturated rings. The van der Waals surface area contributed by atoms with Crippen molar-refractivity contribution in [2.24, 2.45) is 0 Å². The molecule has 11 heavy (non-hydrogen) atoms. The molecule has 2 nitrogen and oxygen atoms in total. The minimum atomic E-state index is -2.66. The lowest BCUT2D eigenvalue weighted by Crippen LogP contribution is -2.57. The topological polar surface area (TPSA) is 20.3 Å².